The van der Waals surface area contributed by atoms with Crippen molar-refractivity contribution in [3.05, 3.63) is 95.1 Å². The predicted octanol–water partition coefficient (Wildman–Crippen LogP) is 6.54. The largest absolute Gasteiger partial charge is 0.481 e. The zero-order valence-corrected chi connectivity index (χ0v) is 22.1. The van der Waals surface area contributed by atoms with Gasteiger partial charge in [0.25, 0.3) is 0 Å². The summed E-state index contributed by atoms with van der Waals surface area (Å²) in [6, 6.07) is 22.7. The molecule has 1 aliphatic rings. The molecule has 1 aliphatic carbocycles. The van der Waals surface area contributed by atoms with Crippen LogP contribution < -0.4 is 4.72 Å². The van der Waals surface area contributed by atoms with E-state index in [1.54, 1.807) is 0 Å². The number of carbonyl (C=O) groups is 1. The predicted molar refractivity (Wildman–Crippen MR) is 148 cm³/mol. The summed E-state index contributed by atoms with van der Waals surface area (Å²) in [4.78, 5) is 11.6. The van der Waals surface area contributed by atoms with Gasteiger partial charge in [-0.2, -0.15) is 0 Å². The number of hydrogen-bond donors (Lipinski definition) is 2. The van der Waals surface area contributed by atoms with Crippen LogP contribution in [0, 0.1) is 0 Å². The molecule has 38 heavy (non-hydrogen) atoms. The van der Waals surface area contributed by atoms with Gasteiger partial charge in [-0.15, -0.1) is 0 Å². The van der Waals surface area contributed by atoms with Gasteiger partial charge in [0.2, 0.25) is 10.0 Å². The highest BCUT2D eigenvalue weighted by molar-refractivity contribution is 7.92. The summed E-state index contributed by atoms with van der Waals surface area (Å²) in [6.07, 6.45) is 4.59. The van der Waals surface area contributed by atoms with E-state index in [-0.39, 0.29) is 11.4 Å². The molecule has 5 rings (SSSR count). The Morgan fingerprint density at radius 2 is 1.58 bits per heavy atom. The van der Waals surface area contributed by atoms with Gasteiger partial charge < -0.3 is 9.63 Å². The number of hydrogen-bond acceptors (Lipinski definition) is 5. The monoisotopic (exact) mass is 550 g/mol. The van der Waals surface area contributed by atoms with Gasteiger partial charge >= 0.3 is 5.97 Å². The fourth-order valence-electron chi connectivity index (χ4n) is 4.59. The number of sulfonamides is 1. The van der Waals surface area contributed by atoms with Crippen LogP contribution in [-0.2, 0) is 26.7 Å². The Balaban J connectivity index is 1.21. The lowest BCUT2D eigenvalue weighted by Gasteiger charge is -2.11. The number of aryl methyl sites for hydroxylation is 1. The molecular formula is C29H27ClN2O5S. The van der Waals surface area contributed by atoms with E-state index in [0.717, 1.165) is 22.3 Å². The molecule has 3 aromatic carbocycles. The normalized spacial score (nSPS) is 14.2. The molecule has 0 amide bonds. The highest BCUT2D eigenvalue weighted by Crippen LogP contribution is 2.48. The van der Waals surface area contributed by atoms with Crippen molar-refractivity contribution < 1.29 is 22.8 Å². The van der Waals surface area contributed by atoms with Crippen molar-refractivity contribution in [3.8, 4) is 22.5 Å². The number of nitrogens with one attached hydrogen (secondary N) is 1. The lowest BCUT2D eigenvalue weighted by atomic mass is 9.93. The van der Waals surface area contributed by atoms with Crippen molar-refractivity contribution in [2.24, 2.45) is 0 Å². The first kappa shape index (κ1) is 26.0. The average molecular weight is 551 g/mol. The summed E-state index contributed by atoms with van der Waals surface area (Å²) >= 11 is 6.18. The Labute approximate surface area is 226 Å². The Bertz CT molecular complexity index is 1540. The Hall–Kier alpha value is -3.62. The molecule has 0 aliphatic heterocycles. The van der Waals surface area contributed by atoms with Gasteiger partial charge in [-0.1, -0.05) is 83.5 Å². The van der Waals surface area contributed by atoms with Gasteiger partial charge in [0, 0.05) is 10.6 Å². The molecule has 4 aromatic rings. The molecule has 7 nitrogen and oxygen atoms in total. The Morgan fingerprint density at radius 1 is 0.947 bits per heavy atom. The number of carboxylic acid groups (broad SMARTS) is 1. The SMILES string of the molecule is O=C(O)C1(c2ccc(-c3ccc(-c4oncc4NS(=O)(=O)CCCCc4ccccc4Cl)cc3)cc2)CC1. The van der Waals surface area contributed by atoms with Crippen molar-refractivity contribution >= 4 is 33.3 Å². The van der Waals surface area contributed by atoms with Crippen LogP contribution in [0.3, 0.4) is 0 Å². The van der Waals surface area contributed by atoms with E-state index in [4.69, 9.17) is 16.1 Å². The third kappa shape index (κ3) is 5.61. The first-order chi connectivity index (χ1) is 18.3. The second-order valence-corrected chi connectivity index (χ2v) is 11.8. The molecule has 0 spiro atoms. The van der Waals surface area contributed by atoms with Gasteiger partial charge in [-0.25, -0.2) is 8.42 Å². The molecule has 0 saturated heterocycles. The minimum Gasteiger partial charge on any atom is -0.481 e. The van der Waals surface area contributed by atoms with Crippen LogP contribution in [-0.4, -0.2) is 30.4 Å². The van der Waals surface area contributed by atoms with Gasteiger partial charge in [-0.05, 0) is 60.4 Å². The minimum absolute atomic E-state index is 0.0276. The average Bonchev–Trinajstić information content (AvgIpc) is 3.61. The maximum Gasteiger partial charge on any atom is 0.314 e. The van der Waals surface area contributed by atoms with Gasteiger partial charge in [0.05, 0.1) is 17.4 Å². The highest BCUT2D eigenvalue weighted by atomic mass is 35.5. The number of anilines is 1. The zero-order valence-electron chi connectivity index (χ0n) is 20.6. The number of rotatable bonds is 11. The van der Waals surface area contributed by atoms with Crippen molar-refractivity contribution in [1.82, 2.24) is 5.16 Å². The number of benzene rings is 3. The molecule has 0 radical (unpaired) electrons. The van der Waals surface area contributed by atoms with E-state index < -0.39 is 21.4 Å². The number of aromatic nitrogens is 1. The Morgan fingerprint density at radius 3 is 2.21 bits per heavy atom. The zero-order chi connectivity index (χ0) is 26.8. The van der Waals surface area contributed by atoms with Crippen LogP contribution in [0.5, 0.6) is 0 Å². The third-order valence-corrected chi connectivity index (χ3v) is 8.71. The molecule has 0 bridgehead atoms. The molecule has 1 aromatic heterocycles. The van der Waals surface area contributed by atoms with E-state index >= 15 is 0 Å². The van der Waals surface area contributed by atoms with Crippen LogP contribution in [0.25, 0.3) is 22.5 Å². The highest BCUT2D eigenvalue weighted by Gasteiger charge is 2.51. The van der Waals surface area contributed by atoms with Crippen LogP contribution in [0.2, 0.25) is 5.02 Å². The molecule has 1 heterocycles. The van der Waals surface area contributed by atoms with Crippen molar-refractivity contribution in [3.63, 3.8) is 0 Å². The maximum absolute atomic E-state index is 12.7. The van der Waals surface area contributed by atoms with E-state index in [9.17, 15) is 18.3 Å². The fourth-order valence-corrected chi connectivity index (χ4v) is 5.99. The van der Waals surface area contributed by atoms with Crippen LogP contribution in [0.1, 0.15) is 36.8 Å². The van der Waals surface area contributed by atoms with E-state index in [1.807, 2.05) is 72.8 Å². The molecule has 1 fully saturated rings. The number of aliphatic carboxylic acids is 1. The minimum atomic E-state index is -3.59. The third-order valence-electron chi connectivity index (χ3n) is 6.98. The standard InChI is InChI=1S/C29H27ClN2O5S/c30-25-7-2-1-5-22(25)6-3-4-18-38(35,36)32-26-19-31-37-27(26)23-10-8-20(9-11-23)21-12-14-24(15-13-21)29(16-17-29)28(33)34/h1-2,5,7-15,19,32H,3-4,6,16-18H2,(H,33,34). The first-order valence-electron chi connectivity index (χ1n) is 12.4. The van der Waals surface area contributed by atoms with Gasteiger partial charge in [-0.3, -0.25) is 9.52 Å². The van der Waals surface area contributed by atoms with Gasteiger partial charge in [0.1, 0.15) is 5.69 Å². The van der Waals surface area contributed by atoms with Gasteiger partial charge in [0.15, 0.2) is 5.76 Å². The lowest BCUT2D eigenvalue weighted by Crippen LogP contribution is -2.19. The lowest BCUT2D eigenvalue weighted by molar-refractivity contribution is -0.140. The summed E-state index contributed by atoms with van der Waals surface area (Å²) in [5, 5.41) is 14.0. The molecule has 1 saturated carbocycles. The summed E-state index contributed by atoms with van der Waals surface area (Å²) in [6.45, 7) is 0. The summed E-state index contributed by atoms with van der Waals surface area (Å²) in [5.41, 5.74) is 3.98. The summed E-state index contributed by atoms with van der Waals surface area (Å²) in [5.74, 6) is -0.464. The molecular weight excluding hydrogens is 524 g/mol. The molecule has 0 atom stereocenters. The van der Waals surface area contributed by atoms with E-state index in [0.29, 0.717) is 48.5 Å². The fraction of sp³-hybridized carbons (Fsp3) is 0.241. The Kier molecular flexibility index (Phi) is 7.27. The van der Waals surface area contributed by atoms with Crippen molar-refractivity contribution in [1.29, 1.82) is 0 Å². The van der Waals surface area contributed by atoms with Crippen molar-refractivity contribution in [2.75, 3.05) is 10.5 Å². The maximum atomic E-state index is 12.7. The van der Waals surface area contributed by atoms with E-state index in [2.05, 4.69) is 9.88 Å². The molecule has 9 heteroatoms. The number of halogens is 1. The van der Waals surface area contributed by atoms with Crippen molar-refractivity contribution in [2.45, 2.75) is 37.5 Å². The van der Waals surface area contributed by atoms with Crippen LogP contribution >= 0.6 is 11.6 Å². The van der Waals surface area contributed by atoms with Crippen LogP contribution in [0.4, 0.5) is 5.69 Å². The first-order valence-corrected chi connectivity index (χ1v) is 14.4. The number of carboxylic acids is 1. The molecule has 196 valence electrons. The topological polar surface area (TPSA) is 110 Å². The second-order valence-electron chi connectivity index (χ2n) is 9.58. The van der Waals surface area contributed by atoms with E-state index in [1.165, 1.54) is 6.20 Å². The quantitative estimate of drug-likeness (QED) is 0.205. The van der Waals surface area contributed by atoms with Crippen LogP contribution in [0.15, 0.2) is 83.5 Å². The second kappa shape index (κ2) is 10.6. The smallest absolute Gasteiger partial charge is 0.314 e. The number of unbranched alkanes of at least 4 members (excludes halogenated alkanes) is 1. The summed E-state index contributed by atoms with van der Waals surface area (Å²) < 4.78 is 33.4. The summed E-state index contributed by atoms with van der Waals surface area (Å²) in [7, 11) is -3.59. The molecule has 0 unspecified atom stereocenters. The number of nitrogens with zero attached hydrogens (tertiary/aromatic N) is 1. The molecule has 2 N–H and O–H groups in total.